The van der Waals surface area contributed by atoms with Crippen molar-refractivity contribution in [1.29, 1.82) is 0 Å². The summed E-state index contributed by atoms with van der Waals surface area (Å²) in [4.78, 5) is 28.2. The average Bonchev–Trinajstić information content (AvgIpc) is 2.67. The van der Waals surface area contributed by atoms with E-state index in [1.807, 2.05) is 0 Å². The summed E-state index contributed by atoms with van der Waals surface area (Å²) >= 11 is 3.32. The van der Waals surface area contributed by atoms with Gasteiger partial charge in [0, 0.05) is 23.6 Å². The maximum atomic E-state index is 11.9. The maximum Gasteiger partial charge on any atom is 0.308 e. The molecule has 0 aromatic carbocycles. The number of aromatic nitrogens is 1. The standard InChI is InChI=1S/C11H12BrN3O3/c1-5-7(12)3-14-10(13)9(5)15-4-6(11(17)18)2-8(15)16/h3,6H,2,4H2,1H3,(H2,13,14)(H,17,18). The van der Waals surface area contributed by atoms with Gasteiger partial charge in [0.15, 0.2) is 0 Å². The Labute approximate surface area is 112 Å². The van der Waals surface area contributed by atoms with Gasteiger partial charge in [-0.15, -0.1) is 0 Å². The number of amides is 1. The van der Waals surface area contributed by atoms with E-state index in [9.17, 15) is 9.59 Å². The third-order valence-corrected chi connectivity index (χ3v) is 3.82. The number of nitrogen functional groups attached to an aromatic ring is 1. The number of pyridine rings is 1. The van der Waals surface area contributed by atoms with Crippen molar-refractivity contribution in [2.75, 3.05) is 17.2 Å². The molecule has 1 aliphatic heterocycles. The molecule has 6 nitrogen and oxygen atoms in total. The lowest BCUT2D eigenvalue weighted by Crippen LogP contribution is -2.27. The van der Waals surface area contributed by atoms with E-state index in [2.05, 4.69) is 20.9 Å². The molecule has 0 aliphatic carbocycles. The van der Waals surface area contributed by atoms with E-state index in [4.69, 9.17) is 10.8 Å². The van der Waals surface area contributed by atoms with E-state index in [0.717, 1.165) is 10.0 Å². The number of nitrogens with two attached hydrogens (primary N) is 1. The van der Waals surface area contributed by atoms with E-state index < -0.39 is 11.9 Å². The van der Waals surface area contributed by atoms with Crippen molar-refractivity contribution in [2.45, 2.75) is 13.3 Å². The second-order valence-corrected chi connectivity index (χ2v) is 5.06. The number of hydrogen-bond donors (Lipinski definition) is 2. The minimum absolute atomic E-state index is 0.000721. The molecule has 1 aliphatic rings. The van der Waals surface area contributed by atoms with E-state index in [0.29, 0.717) is 5.69 Å². The maximum absolute atomic E-state index is 11.9. The highest BCUT2D eigenvalue weighted by atomic mass is 79.9. The van der Waals surface area contributed by atoms with Crippen molar-refractivity contribution in [3.63, 3.8) is 0 Å². The molecule has 0 radical (unpaired) electrons. The van der Waals surface area contributed by atoms with Gasteiger partial charge in [0.2, 0.25) is 5.91 Å². The molecule has 96 valence electrons. The molecule has 0 bridgehead atoms. The Balaban J connectivity index is 2.41. The fourth-order valence-electron chi connectivity index (χ4n) is 2.02. The molecular weight excluding hydrogens is 302 g/mol. The summed E-state index contributed by atoms with van der Waals surface area (Å²) in [6.07, 6.45) is 1.56. The summed E-state index contributed by atoms with van der Waals surface area (Å²) in [6, 6.07) is 0. The third kappa shape index (κ3) is 2.05. The monoisotopic (exact) mass is 313 g/mol. The predicted molar refractivity (Wildman–Crippen MR) is 69.2 cm³/mol. The number of carboxylic acid groups (broad SMARTS) is 1. The first-order chi connectivity index (χ1) is 8.41. The largest absolute Gasteiger partial charge is 0.481 e. The lowest BCUT2D eigenvalue weighted by atomic mass is 10.1. The first kappa shape index (κ1) is 12.8. The van der Waals surface area contributed by atoms with Crippen molar-refractivity contribution in [2.24, 2.45) is 5.92 Å². The molecule has 7 heteroatoms. The summed E-state index contributed by atoms with van der Waals surface area (Å²) in [5, 5.41) is 8.95. The molecule has 1 fully saturated rings. The Hall–Kier alpha value is -1.63. The number of rotatable bonds is 2. The molecule has 1 unspecified atom stereocenters. The van der Waals surface area contributed by atoms with Crippen LogP contribution in [0.4, 0.5) is 11.5 Å². The van der Waals surface area contributed by atoms with Crippen LogP contribution in [0.2, 0.25) is 0 Å². The van der Waals surface area contributed by atoms with Crippen LogP contribution >= 0.6 is 15.9 Å². The van der Waals surface area contributed by atoms with Gasteiger partial charge in [-0.05, 0) is 28.4 Å². The SMILES string of the molecule is Cc1c(Br)cnc(N)c1N1CC(C(=O)O)CC1=O. The molecule has 2 heterocycles. The van der Waals surface area contributed by atoms with Gasteiger partial charge in [0.25, 0.3) is 0 Å². The van der Waals surface area contributed by atoms with Gasteiger partial charge in [-0.2, -0.15) is 0 Å². The number of hydrogen-bond acceptors (Lipinski definition) is 4. The van der Waals surface area contributed by atoms with Crippen LogP contribution in [-0.4, -0.2) is 28.5 Å². The number of nitrogens with zero attached hydrogens (tertiary/aromatic N) is 2. The van der Waals surface area contributed by atoms with Crippen molar-refractivity contribution < 1.29 is 14.7 Å². The highest BCUT2D eigenvalue weighted by Crippen LogP contribution is 2.34. The van der Waals surface area contributed by atoms with Crippen LogP contribution in [0, 0.1) is 12.8 Å². The Morgan fingerprint density at radius 1 is 1.67 bits per heavy atom. The minimum atomic E-state index is -0.968. The Morgan fingerprint density at radius 3 is 2.89 bits per heavy atom. The van der Waals surface area contributed by atoms with Crippen LogP contribution in [0.25, 0.3) is 0 Å². The van der Waals surface area contributed by atoms with Gasteiger partial charge >= 0.3 is 5.97 Å². The lowest BCUT2D eigenvalue weighted by molar-refractivity contribution is -0.141. The molecule has 1 saturated heterocycles. The van der Waals surface area contributed by atoms with Crippen LogP contribution < -0.4 is 10.6 Å². The van der Waals surface area contributed by atoms with E-state index in [-0.39, 0.29) is 24.7 Å². The van der Waals surface area contributed by atoms with Crippen LogP contribution in [0.5, 0.6) is 0 Å². The second-order valence-electron chi connectivity index (χ2n) is 4.21. The highest BCUT2D eigenvalue weighted by Gasteiger charge is 2.36. The van der Waals surface area contributed by atoms with E-state index >= 15 is 0 Å². The van der Waals surface area contributed by atoms with Gasteiger partial charge in [0.05, 0.1) is 11.6 Å². The Morgan fingerprint density at radius 2 is 2.33 bits per heavy atom. The summed E-state index contributed by atoms with van der Waals surface area (Å²) < 4.78 is 0.735. The fourth-order valence-corrected chi connectivity index (χ4v) is 2.31. The summed E-state index contributed by atoms with van der Waals surface area (Å²) in [6.45, 7) is 1.94. The van der Waals surface area contributed by atoms with Gasteiger partial charge in [0.1, 0.15) is 5.82 Å². The average molecular weight is 314 g/mol. The molecule has 0 spiro atoms. The zero-order valence-electron chi connectivity index (χ0n) is 9.68. The number of aliphatic carboxylic acids is 1. The fraction of sp³-hybridized carbons (Fsp3) is 0.364. The van der Waals surface area contributed by atoms with Crippen molar-refractivity contribution in [3.8, 4) is 0 Å². The van der Waals surface area contributed by atoms with Gasteiger partial charge in [-0.25, -0.2) is 4.98 Å². The van der Waals surface area contributed by atoms with Gasteiger partial charge < -0.3 is 15.7 Å². The summed E-state index contributed by atoms with van der Waals surface area (Å²) in [5.41, 5.74) is 7.06. The van der Waals surface area contributed by atoms with Crippen molar-refractivity contribution in [3.05, 3.63) is 16.2 Å². The molecular formula is C11H12BrN3O3. The number of carboxylic acids is 1. The smallest absolute Gasteiger partial charge is 0.308 e. The molecule has 0 saturated carbocycles. The molecule has 18 heavy (non-hydrogen) atoms. The van der Waals surface area contributed by atoms with Crippen molar-refractivity contribution in [1.82, 2.24) is 4.98 Å². The van der Waals surface area contributed by atoms with E-state index in [1.54, 1.807) is 13.1 Å². The lowest BCUT2D eigenvalue weighted by Gasteiger charge is -2.20. The topological polar surface area (TPSA) is 96.5 Å². The van der Waals surface area contributed by atoms with Crippen LogP contribution in [0.3, 0.4) is 0 Å². The first-order valence-electron chi connectivity index (χ1n) is 5.35. The van der Waals surface area contributed by atoms with Crippen LogP contribution in [0.15, 0.2) is 10.7 Å². The molecule has 1 amide bonds. The second kappa shape index (κ2) is 4.56. The molecule has 2 rings (SSSR count). The normalized spacial score (nSPS) is 19.3. The predicted octanol–water partition coefficient (Wildman–Crippen LogP) is 1.17. The van der Waals surface area contributed by atoms with E-state index in [1.165, 1.54) is 4.90 Å². The molecule has 1 aromatic rings. The Kier molecular flexibility index (Phi) is 3.25. The first-order valence-corrected chi connectivity index (χ1v) is 6.15. The summed E-state index contributed by atoms with van der Waals surface area (Å²) in [7, 11) is 0. The molecule has 1 atom stereocenters. The van der Waals surface area contributed by atoms with Gasteiger partial charge in [-0.3, -0.25) is 9.59 Å². The number of anilines is 2. The summed E-state index contributed by atoms with van der Waals surface area (Å²) in [5.74, 6) is -1.66. The highest BCUT2D eigenvalue weighted by molar-refractivity contribution is 9.10. The molecule has 1 aromatic heterocycles. The number of carbonyl (C=O) groups excluding carboxylic acids is 1. The Bertz CT molecular complexity index is 533. The van der Waals surface area contributed by atoms with Crippen LogP contribution in [-0.2, 0) is 9.59 Å². The molecule has 3 N–H and O–H groups in total. The quantitative estimate of drug-likeness (QED) is 0.854. The van der Waals surface area contributed by atoms with Crippen molar-refractivity contribution >= 4 is 39.3 Å². The van der Waals surface area contributed by atoms with Crippen LogP contribution in [0.1, 0.15) is 12.0 Å². The zero-order chi connectivity index (χ0) is 13.4. The number of carbonyl (C=O) groups is 2. The zero-order valence-corrected chi connectivity index (χ0v) is 11.3. The third-order valence-electron chi connectivity index (χ3n) is 3.02. The number of halogens is 1. The van der Waals surface area contributed by atoms with Gasteiger partial charge in [-0.1, -0.05) is 0 Å². The minimum Gasteiger partial charge on any atom is -0.481 e.